The highest BCUT2D eigenvalue weighted by Crippen LogP contribution is 2.23. The van der Waals surface area contributed by atoms with Gasteiger partial charge in [-0.05, 0) is 37.1 Å². The summed E-state index contributed by atoms with van der Waals surface area (Å²) in [5, 5.41) is 4.10. The molecule has 0 saturated carbocycles. The Morgan fingerprint density at radius 2 is 2.00 bits per heavy atom. The van der Waals surface area contributed by atoms with Crippen LogP contribution in [0, 0.1) is 5.92 Å². The Morgan fingerprint density at radius 1 is 1.19 bits per heavy atom. The van der Waals surface area contributed by atoms with Crippen LogP contribution in [0.2, 0.25) is 0 Å². The van der Waals surface area contributed by atoms with Crippen LogP contribution in [0.4, 0.5) is 0 Å². The molecule has 0 bridgehead atoms. The second-order valence-corrected chi connectivity index (χ2v) is 8.11. The molecule has 4 heterocycles. The van der Waals surface area contributed by atoms with Crippen LogP contribution in [-0.2, 0) is 24.3 Å². The Morgan fingerprint density at radius 3 is 2.77 bits per heavy atom. The highest BCUT2D eigenvalue weighted by Gasteiger charge is 2.30. The fourth-order valence-corrected chi connectivity index (χ4v) is 4.33. The molecule has 3 aromatic rings. The number of rotatable bonds is 5. The van der Waals surface area contributed by atoms with E-state index in [2.05, 4.69) is 24.6 Å². The minimum Gasteiger partial charge on any atom is -0.497 e. The summed E-state index contributed by atoms with van der Waals surface area (Å²) in [5.74, 6) is 2.27. The number of piperazine rings is 1. The van der Waals surface area contributed by atoms with E-state index in [-0.39, 0.29) is 11.8 Å². The van der Waals surface area contributed by atoms with Crippen LogP contribution in [-0.4, -0.2) is 68.7 Å². The summed E-state index contributed by atoms with van der Waals surface area (Å²) in [6, 6.07) is 7.58. The molecule has 31 heavy (non-hydrogen) atoms. The quantitative estimate of drug-likeness (QED) is 0.620. The number of methoxy groups -OCH3 is 1. The molecule has 2 aromatic heterocycles. The fraction of sp³-hybridized carbons (Fsp3) is 0.455. The van der Waals surface area contributed by atoms with E-state index < -0.39 is 0 Å². The largest absolute Gasteiger partial charge is 0.497 e. The third kappa shape index (κ3) is 4.18. The molecule has 0 radical (unpaired) electrons. The number of fused-ring (bicyclic) bond motifs is 1. The van der Waals surface area contributed by atoms with E-state index in [0.29, 0.717) is 18.3 Å². The van der Waals surface area contributed by atoms with Crippen LogP contribution in [0.15, 0.2) is 41.3 Å². The lowest BCUT2D eigenvalue weighted by Crippen LogP contribution is -2.50. The number of hydrogen-bond acceptors (Lipinski definition) is 7. The topological polar surface area (TPSA) is 89.5 Å². The molecular formula is C22H26N6O3. The Labute approximate surface area is 180 Å². The van der Waals surface area contributed by atoms with Crippen molar-refractivity contribution < 1.29 is 14.1 Å². The number of imidazole rings is 1. The van der Waals surface area contributed by atoms with Gasteiger partial charge >= 0.3 is 0 Å². The van der Waals surface area contributed by atoms with Gasteiger partial charge in [0.1, 0.15) is 5.75 Å². The monoisotopic (exact) mass is 422 g/mol. The molecule has 1 fully saturated rings. The minimum absolute atomic E-state index is 0.0521. The van der Waals surface area contributed by atoms with E-state index in [1.165, 1.54) is 5.69 Å². The summed E-state index contributed by atoms with van der Waals surface area (Å²) in [5.41, 5.74) is 2.11. The zero-order valence-electron chi connectivity index (χ0n) is 17.6. The lowest BCUT2D eigenvalue weighted by Gasteiger charge is -2.36. The van der Waals surface area contributed by atoms with E-state index in [9.17, 15) is 4.79 Å². The highest BCUT2D eigenvalue weighted by atomic mass is 16.5. The lowest BCUT2D eigenvalue weighted by atomic mass is 9.96. The summed E-state index contributed by atoms with van der Waals surface area (Å²) < 4.78 is 12.7. The SMILES string of the molecule is COc1ccc(-c2noc(CN3CCN(C(=O)[C@H]4CCc5cncn5C4)CC3)n2)cc1. The zero-order chi connectivity index (χ0) is 21.2. The Kier molecular flexibility index (Phi) is 5.42. The molecule has 0 unspecified atom stereocenters. The third-order valence-corrected chi connectivity index (χ3v) is 6.17. The van der Waals surface area contributed by atoms with Crippen LogP contribution in [0.25, 0.3) is 11.4 Å². The van der Waals surface area contributed by atoms with Gasteiger partial charge in [0, 0.05) is 50.2 Å². The predicted molar refractivity (Wildman–Crippen MR) is 112 cm³/mol. The second-order valence-electron chi connectivity index (χ2n) is 8.11. The molecule has 0 N–H and O–H groups in total. The number of nitrogens with zero attached hydrogens (tertiary/aromatic N) is 6. The molecule has 0 aliphatic carbocycles. The van der Waals surface area contributed by atoms with E-state index in [4.69, 9.17) is 9.26 Å². The molecule has 2 aliphatic rings. The molecule has 162 valence electrons. The van der Waals surface area contributed by atoms with Crippen LogP contribution >= 0.6 is 0 Å². The highest BCUT2D eigenvalue weighted by molar-refractivity contribution is 5.79. The molecule has 1 amide bonds. The molecule has 5 rings (SSSR count). The summed E-state index contributed by atoms with van der Waals surface area (Å²) in [6.07, 6.45) is 5.55. The number of ether oxygens (including phenoxy) is 1. The zero-order valence-corrected chi connectivity index (χ0v) is 17.6. The Balaban J connectivity index is 1.13. The van der Waals surface area contributed by atoms with Crippen molar-refractivity contribution in [3.63, 3.8) is 0 Å². The van der Waals surface area contributed by atoms with Crippen molar-refractivity contribution in [1.82, 2.24) is 29.5 Å². The molecule has 1 aromatic carbocycles. The number of aromatic nitrogens is 4. The smallest absolute Gasteiger partial charge is 0.241 e. The van der Waals surface area contributed by atoms with E-state index in [1.54, 1.807) is 7.11 Å². The summed E-state index contributed by atoms with van der Waals surface area (Å²) in [7, 11) is 1.64. The van der Waals surface area contributed by atoms with Gasteiger partial charge < -0.3 is 18.7 Å². The van der Waals surface area contributed by atoms with Gasteiger partial charge in [0.15, 0.2) is 0 Å². The van der Waals surface area contributed by atoms with Crippen molar-refractivity contribution in [2.45, 2.75) is 25.9 Å². The minimum atomic E-state index is 0.0521. The normalized spacial score (nSPS) is 19.3. The first-order valence-electron chi connectivity index (χ1n) is 10.7. The average molecular weight is 422 g/mol. The van der Waals surface area contributed by atoms with Crippen molar-refractivity contribution in [2.75, 3.05) is 33.3 Å². The van der Waals surface area contributed by atoms with E-state index in [1.807, 2.05) is 41.7 Å². The molecule has 1 atom stereocenters. The van der Waals surface area contributed by atoms with Gasteiger partial charge in [-0.15, -0.1) is 0 Å². The molecular weight excluding hydrogens is 396 g/mol. The standard InChI is InChI=1S/C22H26N6O3/c1-30-19-6-3-16(4-7-19)21-24-20(31-25-21)14-26-8-10-27(11-9-26)22(29)17-2-5-18-12-23-15-28(18)13-17/h3-4,6-7,12,15,17H,2,5,8-11,13-14H2,1H3/t17-/m0/s1. The van der Waals surface area contributed by atoms with Crippen LogP contribution in [0.1, 0.15) is 18.0 Å². The Bertz CT molecular complexity index is 1040. The van der Waals surface area contributed by atoms with Crippen molar-refractivity contribution in [3.05, 3.63) is 48.4 Å². The predicted octanol–water partition coefficient (Wildman–Crippen LogP) is 1.85. The van der Waals surface area contributed by atoms with Gasteiger partial charge in [0.2, 0.25) is 17.6 Å². The number of benzene rings is 1. The average Bonchev–Trinajstić information content (AvgIpc) is 3.48. The first-order valence-corrected chi connectivity index (χ1v) is 10.7. The Hall–Kier alpha value is -3.20. The van der Waals surface area contributed by atoms with Crippen LogP contribution in [0.5, 0.6) is 5.75 Å². The van der Waals surface area contributed by atoms with Crippen molar-refractivity contribution >= 4 is 5.91 Å². The number of carbonyl (C=O) groups is 1. The van der Waals surface area contributed by atoms with Crippen molar-refractivity contribution in [1.29, 1.82) is 0 Å². The maximum absolute atomic E-state index is 13.0. The van der Waals surface area contributed by atoms with Crippen LogP contribution < -0.4 is 4.74 Å². The van der Waals surface area contributed by atoms with Crippen molar-refractivity contribution in [3.8, 4) is 17.1 Å². The second kappa shape index (κ2) is 8.50. The van der Waals surface area contributed by atoms with Gasteiger partial charge in [-0.25, -0.2) is 4.98 Å². The van der Waals surface area contributed by atoms with Gasteiger partial charge in [0.05, 0.1) is 25.9 Å². The summed E-state index contributed by atoms with van der Waals surface area (Å²) in [4.78, 5) is 26.0. The van der Waals surface area contributed by atoms with Gasteiger partial charge in [-0.3, -0.25) is 9.69 Å². The number of aryl methyl sites for hydroxylation is 1. The number of hydrogen-bond donors (Lipinski definition) is 0. The third-order valence-electron chi connectivity index (χ3n) is 6.17. The fourth-order valence-electron chi connectivity index (χ4n) is 4.33. The number of carbonyl (C=O) groups excluding carboxylic acids is 1. The maximum atomic E-state index is 13.0. The van der Waals surface area contributed by atoms with Gasteiger partial charge in [0.25, 0.3) is 0 Å². The van der Waals surface area contributed by atoms with Gasteiger partial charge in [-0.2, -0.15) is 4.98 Å². The molecule has 9 heteroatoms. The van der Waals surface area contributed by atoms with Gasteiger partial charge in [-0.1, -0.05) is 5.16 Å². The molecule has 1 saturated heterocycles. The summed E-state index contributed by atoms with van der Waals surface area (Å²) >= 11 is 0. The first-order chi connectivity index (χ1) is 15.2. The van der Waals surface area contributed by atoms with Crippen molar-refractivity contribution in [2.24, 2.45) is 5.92 Å². The summed E-state index contributed by atoms with van der Waals surface area (Å²) in [6.45, 7) is 4.39. The van der Waals surface area contributed by atoms with Crippen LogP contribution in [0.3, 0.4) is 0 Å². The number of amides is 1. The van der Waals surface area contributed by atoms with E-state index >= 15 is 0 Å². The first kappa shape index (κ1) is 19.7. The molecule has 2 aliphatic heterocycles. The maximum Gasteiger partial charge on any atom is 0.241 e. The van der Waals surface area contributed by atoms with E-state index in [0.717, 1.165) is 56.9 Å². The molecule has 9 nitrogen and oxygen atoms in total. The lowest BCUT2D eigenvalue weighted by molar-refractivity contribution is -0.138. The molecule has 0 spiro atoms.